The molecule has 1 aliphatic heterocycles. The van der Waals surface area contributed by atoms with Crippen LogP contribution < -0.4 is 0 Å². The highest BCUT2D eigenvalue weighted by molar-refractivity contribution is 7.10. The number of aliphatic hydroxyl groups is 1. The summed E-state index contributed by atoms with van der Waals surface area (Å²) in [5.74, 6) is -0.378. The fourth-order valence-corrected chi connectivity index (χ4v) is 4.36. The molecule has 2 atom stereocenters. The van der Waals surface area contributed by atoms with E-state index >= 15 is 0 Å². The van der Waals surface area contributed by atoms with Crippen LogP contribution in [0.1, 0.15) is 47.5 Å². The van der Waals surface area contributed by atoms with E-state index in [0.717, 1.165) is 23.3 Å². The van der Waals surface area contributed by atoms with Crippen molar-refractivity contribution in [2.24, 2.45) is 11.0 Å². The molecule has 1 aliphatic carbocycles. The first-order valence-corrected chi connectivity index (χ1v) is 8.28. The molecule has 4 nitrogen and oxygen atoms in total. The Hall–Kier alpha value is -1.41. The SMILES string of the molecule is CC1=NN(C(=O)c2csc3c2CC[C@@H](C)C3)[C@](O)(C(F)(F)F)C1. The second kappa shape index (κ2) is 5.31. The summed E-state index contributed by atoms with van der Waals surface area (Å²) in [6.45, 7) is 3.48. The maximum atomic E-state index is 13.2. The summed E-state index contributed by atoms with van der Waals surface area (Å²) in [4.78, 5) is 13.7. The largest absolute Gasteiger partial charge is 0.438 e. The van der Waals surface area contributed by atoms with Crippen molar-refractivity contribution in [1.82, 2.24) is 5.01 Å². The van der Waals surface area contributed by atoms with Crippen LogP contribution in [0.4, 0.5) is 13.2 Å². The second-order valence-corrected chi connectivity index (χ2v) is 7.31. The standard InChI is InChI=1S/C15H17F3N2O2S/c1-8-3-4-10-11(7-23-12(10)5-8)13(21)20-14(22,15(16,17)18)6-9(2)19-20/h7-8,22H,3-6H2,1-2H3/t8-,14-/m1/s1. The summed E-state index contributed by atoms with van der Waals surface area (Å²) in [6, 6.07) is 0. The van der Waals surface area contributed by atoms with Gasteiger partial charge in [-0.25, -0.2) is 0 Å². The molecule has 1 aromatic rings. The van der Waals surface area contributed by atoms with E-state index in [1.807, 2.05) is 0 Å². The summed E-state index contributed by atoms with van der Waals surface area (Å²) in [5.41, 5.74) is -2.14. The van der Waals surface area contributed by atoms with Gasteiger partial charge in [0, 0.05) is 22.4 Å². The monoisotopic (exact) mass is 346 g/mol. The van der Waals surface area contributed by atoms with E-state index in [0.29, 0.717) is 12.3 Å². The Labute approximate surface area is 135 Å². The Morgan fingerprint density at radius 2 is 2.22 bits per heavy atom. The molecule has 126 valence electrons. The van der Waals surface area contributed by atoms with Gasteiger partial charge in [-0.15, -0.1) is 11.3 Å². The average Bonchev–Trinajstić information content (AvgIpc) is 2.98. The summed E-state index contributed by atoms with van der Waals surface area (Å²) < 4.78 is 39.7. The van der Waals surface area contributed by atoms with Crippen molar-refractivity contribution in [2.45, 2.75) is 51.4 Å². The normalized spacial score (nSPS) is 27.8. The van der Waals surface area contributed by atoms with Crippen LogP contribution in [0.15, 0.2) is 10.5 Å². The van der Waals surface area contributed by atoms with Crippen LogP contribution in [0.2, 0.25) is 0 Å². The molecule has 1 aromatic heterocycles. The molecule has 0 bridgehead atoms. The first kappa shape index (κ1) is 16.4. The number of hydrogen-bond acceptors (Lipinski definition) is 4. The molecule has 2 heterocycles. The molecule has 8 heteroatoms. The minimum Gasteiger partial charge on any atom is -0.362 e. The number of nitrogens with zero attached hydrogens (tertiary/aromatic N) is 2. The second-order valence-electron chi connectivity index (χ2n) is 6.34. The number of carbonyl (C=O) groups is 1. The zero-order chi connectivity index (χ0) is 17.0. The summed E-state index contributed by atoms with van der Waals surface area (Å²) >= 11 is 1.39. The number of carbonyl (C=O) groups excluding carboxylic acids is 1. The van der Waals surface area contributed by atoms with E-state index in [9.17, 15) is 23.1 Å². The highest BCUT2D eigenvalue weighted by Gasteiger charge is 2.62. The van der Waals surface area contributed by atoms with Crippen molar-refractivity contribution in [2.75, 3.05) is 0 Å². The van der Waals surface area contributed by atoms with Crippen molar-refractivity contribution in [1.29, 1.82) is 0 Å². The van der Waals surface area contributed by atoms with E-state index in [2.05, 4.69) is 12.0 Å². The average molecular weight is 346 g/mol. The van der Waals surface area contributed by atoms with E-state index in [4.69, 9.17) is 0 Å². The van der Waals surface area contributed by atoms with Gasteiger partial charge in [-0.05, 0) is 37.7 Å². The fourth-order valence-electron chi connectivity index (χ4n) is 3.12. The van der Waals surface area contributed by atoms with Gasteiger partial charge in [0.1, 0.15) is 0 Å². The number of amides is 1. The van der Waals surface area contributed by atoms with E-state index in [-0.39, 0.29) is 16.3 Å². The Morgan fingerprint density at radius 1 is 1.52 bits per heavy atom. The quantitative estimate of drug-likeness (QED) is 0.848. The van der Waals surface area contributed by atoms with E-state index in [1.165, 1.54) is 18.3 Å². The van der Waals surface area contributed by atoms with Crippen LogP contribution in [-0.4, -0.2) is 33.6 Å². The van der Waals surface area contributed by atoms with Crippen molar-refractivity contribution < 1.29 is 23.1 Å². The zero-order valence-electron chi connectivity index (χ0n) is 12.8. The minimum atomic E-state index is -4.96. The Morgan fingerprint density at radius 3 is 2.87 bits per heavy atom. The van der Waals surface area contributed by atoms with Gasteiger partial charge in [0.15, 0.2) is 0 Å². The van der Waals surface area contributed by atoms with Crippen molar-refractivity contribution in [3.8, 4) is 0 Å². The molecule has 0 fully saturated rings. The van der Waals surface area contributed by atoms with E-state index in [1.54, 1.807) is 5.38 Å². The molecule has 0 spiro atoms. The summed E-state index contributed by atoms with van der Waals surface area (Å²) in [7, 11) is 0. The summed E-state index contributed by atoms with van der Waals surface area (Å²) in [5, 5.41) is 15.5. The molecule has 0 unspecified atom stereocenters. The molecule has 1 N–H and O–H groups in total. The van der Waals surface area contributed by atoms with Gasteiger partial charge in [0.2, 0.25) is 0 Å². The van der Waals surface area contributed by atoms with E-state index < -0.39 is 24.2 Å². The molecular weight excluding hydrogens is 329 g/mol. The molecule has 0 radical (unpaired) electrons. The molecule has 2 aliphatic rings. The number of rotatable bonds is 1. The number of hydrazone groups is 1. The minimum absolute atomic E-state index is 0.0795. The topological polar surface area (TPSA) is 52.9 Å². The third-order valence-corrected chi connectivity index (χ3v) is 5.45. The lowest BCUT2D eigenvalue weighted by molar-refractivity contribution is -0.297. The van der Waals surface area contributed by atoms with Crippen LogP contribution in [0.3, 0.4) is 0 Å². The zero-order valence-corrected chi connectivity index (χ0v) is 13.6. The van der Waals surface area contributed by atoms with Crippen LogP contribution in [0.25, 0.3) is 0 Å². The molecule has 0 saturated carbocycles. The van der Waals surface area contributed by atoms with Gasteiger partial charge >= 0.3 is 6.18 Å². The smallest absolute Gasteiger partial charge is 0.362 e. The van der Waals surface area contributed by atoms with Gasteiger partial charge in [0.25, 0.3) is 11.6 Å². The van der Waals surface area contributed by atoms with Gasteiger partial charge < -0.3 is 5.11 Å². The van der Waals surface area contributed by atoms with Crippen LogP contribution in [0, 0.1) is 5.92 Å². The highest BCUT2D eigenvalue weighted by Crippen LogP contribution is 2.42. The highest BCUT2D eigenvalue weighted by atomic mass is 32.1. The molecule has 1 amide bonds. The Kier molecular flexibility index (Phi) is 3.79. The molecule has 3 rings (SSSR count). The third kappa shape index (κ3) is 2.57. The number of halogens is 3. The molecule has 0 aromatic carbocycles. The van der Waals surface area contributed by atoms with Gasteiger partial charge in [-0.2, -0.15) is 23.3 Å². The number of thiophene rings is 1. The van der Waals surface area contributed by atoms with Gasteiger partial charge in [-0.1, -0.05) is 6.92 Å². The van der Waals surface area contributed by atoms with Crippen LogP contribution in [-0.2, 0) is 12.8 Å². The number of fused-ring (bicyclic) bond motifs is 1. The lowest BCUT2D eigenvalue weighted by Crippen LogP contribution is -2.56. The first-order valence-electron chi connectivity index (χ1n) is 7.40. The van der Waals surface area contributed by atoms with Crippen molar-refractivity contribution in [3.05, 3.63) is 21.4 Å². The first-order chi connectivity index (χ1) is 10.6. The number of alkyl halides is 3. The van der Waals surface area contributed by atoms with Crippen LogP contribution in [0.5, 0.6) is 0 Å². The molecular formula is C15H17F3N2O2S. The predicted octanol–water partition coefficient (Wildman–Crippen LogP) is 3.35. The lowest BCUT2D eigenvalue weighted by atomic mass is 9.88. The third-order valence-electron chi connectivity index (χ3n) is 4.40. The number of hydrogen-bond donors (Lipinski definition) is 1. The maximum absolute atomic E-state index is 13.2. The Bertz CT molecular complexity index is 683. The fraction of sp³-hybridized carbons (Fsp3) is 0.600. The van der Waals surface area contributed by atoms with Gasteiger partial charge in [-0.3, -0.25) is 4.79 Å². The van der Waals surface area contributed by atoms with Crippen molar-refractivity contribution >= 4 is 23.0 Å². The maximum Gasteiger partial charge on any atom is 0.438 e. The lowest BCUT2D eigenvalue weighted by Gasteiger charge is -2.32. The van der Waals surface area contributed by atoms with Crippen LogP contribution >= 0.6 is 11.3 Å². The molecule has 23 heavy (non-hydrogen) atoms. The van der Waals surface area contributed by atoms with Crippen molar-refractivity contribution in [3.63, 3.8) is 0 Å². The summed E-state index contributed by atoms with van der Waals surface area (Å²) in [6.07, 6.45) is -3.28. The van der Waals surface area contributed by atoms with Gasteiger partial charge in [0.05, 0.1) is 5.56 Å². The Balaban J connectivity index is 1.97. The predicted molar refractivity (Wildman–Crippen MR) is 80.4 cm³/mol. The molecule has 0 saturated heterocycles.